The predicted octanol–water partition coefficient (Wildman–Crippen LogP) is 2.30. The van der Waals surface area contributed by atoms with Crippen LogP contribution in [-0.2, 0) is 4.79 Å². The van der Waals surface area contributed by atoms with Crippen LogP contribution in [0.15, 0.2) is 54.6 Å². The van der Waals surface area contributed by atoms with Crippen LogP contribution in [0.2, 0.25) is 0 Å². The largest absolute Gasteiger partial charge is 0.497 e. The van der Waals surface area contributed by atoms with E-state index in [1.807, 2.05) is 30.3 Å². The van der Waals surface area contributed by atoms with E-state index in [9.17, 15) is 9.59 Å². The fourth-order valence-corrected chi connectivity index (χ4v) is 2.49. The SMILES string of the molecule is COc1ccc(C(=O)NCCNC(=O)C(C)C(N)c2ccccc2)cc1.Cl. The van der Waals surface area contributed by atoms with Gasteiger partial charge in [-0.2, -0.15) is 0 Å². The Balaban J connectivity index is 0.00000364. The number of hydrogen-bond donors (Lipinski definition) is 3. The highest BCUT2D eigenvalue weighted by atomic mass is 35.5. The first-order valence-electron chi connectivity index (χ1n) is 8.53. The molecule has 0 aliphatic heterocycles. The molecule has 2 aromatic rings. The van der Waals surface area contributed by atoms with Gasteiger partial charge < -0.3 is 21.1 Å². The standard InChI is InChI=1S/C20H25N3O3.ClH/c1-14(18(21)15-6-4-3-5-7-15)19(24)22-12-13-23-20(25)16-8-10-17(26-2)11-9-16;/h3-11,14,18H,12-13,21H2,1-2H3,(H,22,24)(H,23,25);1H. The van der Waals surface area contributed by atoms with Gasteiger partial charge in [-0.1, -0.05) is 37.3 Å². The summed E-state index contributed by atoms with van der Waals surface area (Å²) in [6.07, 6.45) is 0. The molecule has 0 radical (unpaired) electrons. The normalized spacial score (nSPS) is 12.3. The lowest BCUT2D eigenvalue weighted by molar-refractivity contribution is -0.125. The zero-order valence-corrected chi connectivity index (χ0v) is 16.3. The van der Waals surface area contributed by atoms with Crippen molar-refractivity contribution in [2.24, 2.45) is 11.7 Å². The van der Waals surface area contributed by atoms with Gasteiger partial charge in [0.1, 0.15) is 5.75 Å². The van der Waals surface area contributed by atoms with E-state index < -0.39 is 0 Å². The number of methoxy groups -OCH3 is 1. The number of carbonyl (C=O) groups is 2. The van der Waals surface area contributed by atoms with Crippen LogP contribution < -0.4 is 21.1 Å². The third-order valence-electron chi connectivity index (χ3n) is 4.20. The lowest BCUT2D eigenvalue weighted by Gasteiger charge is -2.19. The summed E-state index contributed by atoms with van der Waals surface area (Å²) in [5.41, 5.74) is 7.61. The maximum Gasteiger partial charge on any atom is 0.251 e. The summed E-state index contributed by atoms with van der Waals surface area (Å²) in [5, 5.41) is 5.57. The third-order valence-corrected chi connectivity index (χ3v) is 4.20. The van der Waals surface area contributed by atoms with Gasteiger partial charge in [-0.25, -0.2) is 0 Å². The second kappa shape index (κ2) is 11.2. The second-order valence-electron chi connectivity index (χ2n) is 6.00. The van der Waals surface area contributed by atoms with Gasteiger partial charge >= 0.3 is 0 Å². The van der Waals surface area contributed by atoms with Gasteiger partial charge in [-0.3, -0.25) is 9.59 Å². The summed E-state index contributed by atoms with van der Waals surface area (Å²) < 4.78 is 5.06. The maximum atomic E-state index is 12.2. The van der Waals surface area contributed by atoms with E-state index in [0.717, 1.165) is 5.56 Å². The molecule has 0 aliphatic carbocycles. The van der Waals surface area contributed by atoms with Gasteiger partial charge in [0.2, 0.25) is 5.91 Å². The third kappa shape index (κ3) is 6.58. The second-order valence-corrected chi connectivity index (χ2v) is 6.00. The number of benzene rings is 2. The minimum Gasteiger partial charge on any atom is -0.497 e. The highest BCUT2D eigenvalue weighted by Gasteiger charge is 2.21. The van der Waals surface area contributed by atoms with E-state index >= 15 is 0 Å². The average molecular weight is 392 g/mol. The molecule has 6 nitrogen and oxygen atoms in total. The van der Waals surface area contributed by atoms with Gasteiger partial charge in [0.05, 0.1) is 13.0 Å². The van der Waals surface area contributed by atoms with Gasteiger partial charge in [-0.15, -0.1) is 12.4 Å². The van der Waals surface area contributed by atoms with E-state index in [1.54, 1.807) is 38.3 Å². The number of carbonyl (C=O) groups excluding carboxylic acids is 2. The molecule has 0 aliphatic rings. The van der Waals surface area contributed by atoms with Crippen LogP contribution >= 0.6 is 12.4 Å². The Hall–Kier alpha value is -2.57. The Morgan fingerprint density at radius 1 is 1.00 bits per heavy atom. The molecule has 2 rings (SSSR count). The number of ether oxygens (including phenoxy) is 1. The van der Waals surface area contributed by atoms with E-state index in [4.69, 9.17) is 10.5 Å². The van der Waals surface area contributed by atoms with Crippen LogP contribution in [-0.4, -0.2) is 32.0 Å². The molecule has 0 spiro atoms. The van der Waals surface area contributed by atoms with Crippen LogP contribution in [0.3, 0.4) is 0 Å². The predicted molar refractivity (Wildman–Crippen MR) is 108 cm³/mol. The van der Waals surface area contributed by atoms with E-state index in [2.05, 4.69) is 10.6 Å². The number of nitrogens with one attached hydrogen (secondary N) is 2. The topological polar surface area (TPSA) is 93.5 Å². The number of amides is 2. The fraction of sp³-hybridized carbons (Fsp3) is 0.300. The van der Waals surface area contributed by atoms with Crippen molar-refractivity contribution in [1.82, 2.24) is 10.6 Å². The highest BCUT2D eigenvalue weighted by Crippen LogP contribution is 2.18. The van der Waals surface area contributed by atoms with Crippen molar-refractivity contribution < 1.29 is 14.3 Å². The molecule has 4 N–H and O–H groups in total. The minimum atomic E-state index is -0.370. The number of hydrogen-bond acceptors (Lipinski definition) is 4. The Bertz CT molecular complexity index is 723. The summed E-state index contributed by atoms with van der Waals surface area (Å²) in [6, 6.07) is 16.0. The van der Waals surface area contributed by atoms with E-state index in [0.29, 0.717) is 24.4 Å². The first-order valence-corrected chi connectivity index (χ1v) is 8.53. The van der Waals surface area contributed by atoms with Gasteiger partial charge in [0, 0.05) is 24.7 Å². The summed E-state index contributed by atoms with van der Waals surface area (Å²) in [4.78, 5) is 24.3. The molecule has 0 aromatic heterocycles. The van der Waals surface area contributed by atoms with E-state index in [-0.39, 0.29) is 36.2 Å². The molecule has 0 fully saturated rings. The van der Waals surface area contributed by atoms with Crippen LogP contribution in [0.25, 0.3) is 0 Å². The molecule has 27 heavy (non-hydrogen) atoms. The molecule has 2 atom stereocenters. The lowest BCUT2D eigenvalue weighted by atomic mass is 9.95. The van der Waals surface area contributed by atoms with Crippen molar-refractivity contribution in [3.05, 3.63) is 65.7 Å². The Morgan fingerprint density at radius 2 is 1.59 bits per heavy atom. The monoisotopic (exact) mass is 391 g/mol. The van der Waals surface area contributed by atoms with Crippen molar-refractivity contribution in [2.45, 2.75) is 13.0 Å². The molecule has 0 saturated heterocycles. The lowest BCUT2D eigenvalue weighted by Crippen LogP contribution is -2.39. The van der Waals surface area contributed by atoms with Crippen molar-refractivity contribution in [2.75, 3.05) is 20.2 Å². The van der Waals surface area contributed by atoms with Crippen LogP contribution in [0.5, 0.6) is 5.75 Å². The van der Waals surface area contributed by atoms with Crippen molar-refractivity contribution in [1.29, 1.82) is 0 Å². The molecule has 0 saturated carbocycles. The van der Waals surface area contributed by atoms with Crippen LogP contribution in [0.4, 0.5) is 0 Å². The van der Waals surface area contributed by atoms with Gasteiger partial charge in [0.15, 0.2) is 0 Å². The quantitative estimate of drug-likeness (QED) is 0.602. The fourth-order valence-electron chi connectivity index (χ4n) is 2.49. The van der Waals surface area contributed by atoms with Gasteiger partial charge in [-0.05, 0) is 29.8 Å². The molecular formula is C20H26ClN3O3. The molecule has 2 aromatic carbocycles. The zero-order valence-electron chi connectivity index (χ0n) is 15.5. The Labute approximate surface area is 165 Å². The van der Waals surface area contributed by atoms with Crippen molar-refractivity contribution >= 4 is 24.2 Å². The number of rotatable bonds is 8. The zero-order chi connectivity index (χ0) is 18.9. The molecule has 7 heteroatoms. The molecule has 146 valence electrons. The summed E-state index contributed by atoms with van der Waals surface area (Å²) >= 11 is 0. The molecule has 0 bridgehead atoms. The first kappa shape index (κ1) is 22.5. The maximum absolute atomic E-state index is 12.2. The molecule has 0 heterocycles. The molecule has 2 amide bonds. The Kier molecular flexibility index (Phi) is 9.33. The summed E-state index contributed by atoms with van der Waals surface area (Å²) in [6.45, 7) is 2.47. The number of halogens is 1. The van der Waals surface area contributed by atoms with Crippen molar-refractivity contribution in [3.8, 4) is 5.75 Å². The van der Waals surface area contributed by atoms with E-state index in [1.165, 1.54) is 0 Å². The summed E-state index contributed by atoms with van der Waals surface area (Å²) in [7, 11) is 1.57. The average Bonchev–Trinajstić information content (AvgIpc) is 2.70. The Morgan fingerprint density at radius 3 is 2.19 bits per heavy atom. The molecular weight excluding hydrogens is 366 g/mol. The number of nitrogens with two attached hydrogens (primary N) is 1. The van der Waals surface area contributed by atoms with Crippen LogP contribution in [0.1, 0.15) is 28.9 Å². The van der Waals surface area contributed by atoms with Crippen LogP contribution in [0, 0.1) is 5.92 Å². The molecule has 2 unspecified atom stereocenters. The highest BCUT2D eigenvalue weighted by molar-refractivity contribution is 5.94. The van der Waals surface area contributed by atoms with Crippen molar-refractivity contribution in [3.63, 3.8) is 0 Å². The van der Waals surface area contributed by atoms with Gasteiger partial charge in [0.25, 0.3) is 5.91 Å². The first-order chi connectivity index (χ1) is 12.5. The summed E-state index contributed by atoms with van der Waals surface area (Å²) in [5.74, 6) is -0.0109. The minimum absolute atomic E-state index is 0. The smallest absolute Gasteiger partial charge is 0.251 e.